The van der Waals surface area contributed by atoms with Crippen molar-refractivity contribution in [2.75, 3.05) is 20.3 Å². The minimum Gasteiger partial charge on any atom is -0.497 e. The van der Waals surface area contributed by atoms with Crippen LogP contribution in [0.2, 0.25) is 0 Å². The molecule has 0 spiro atoms. The monoisotopic (exact) mass is 520 g/mol. The number of hydrogen-bond acceptors (Lipinski definition) is 5. The van der Waals surface area contributed by atoms with Crippen LogP contribution in [0.25, 0.3) is 0 Å². The van der Waals surface area contributed by atoms with E-state index in [2.05, 4.69) is 4.99 Å². The quantitative estimate of drug-likeness (QED) is 0.185. The summed E-state index contributed by atoms with van der Waals surface area (Å²) in [6.07, 6.45) is -2.36. The standard InChI is InChI=1S/C28H35F3N2O4/c1-21(17-19-36-25(28(29,30)31)32-23-13-15-24(35-5)16-14-23)10-9-18-33(26(34)37-27(2,3)4)20-22-11-7-6-8-12-22/h6-8,11-17H,9-10,18-20H2,1-5H3/b21-17+,32-25?. The predicted molar refractivity (Wildman–Crippen MR) is 138 cm³/mol. The van der Waals surface area contributed by atoms with Crippen LogP contribution in [0.5, 0.6) is 5.75 Å². The molecule has 202 valence electrons. The number of alkyl halides is 3. The second-order valence-electron chi connectivity index (χ2n) is 9.47. The maximum Gasteiger partial charge on any atom is 0.468 e. The fourth-order valence-corrected chi connectivity index (χ4v) is 3.23. The summed E-state index contributed by atoms with van der Waals surface area (Å²) in [7, 11) is 1.47. The van der Waals surface area contributed by atoms with Crippen LogP contribution in [0.15, 0.2) is 71.2 Å². The van der Waals surface area contributed by atoms with Crippen LogP contribution in [0, 0.1) is 0 Å². The number of benzene rings is 2. The van der Waals surface area contributed by atoms with Gasteiger partial charge in [-0.15, -0.1) is 0 Å². The minimum atomic E-state index is -4.73. The number of carbonyl (C=O) groups is 1. The molecule has 2 aromatic carbocycles. The van der Waals surface area contributed by atoms with E-state index in [1.165, 1.54) is 31.4 Å². The normalized spacial score (nSPS) is 12.8. The number of allylic oxidation sites excluding steroid dienone is 1. The van der Waals surface area contributed by atoms with E-state index in [9.17, 15) is 18.0 Å². The lowest BCUT2D eigenvalue weighted by atomic mass is 10.1. The Kier molecular flexibility index (Phi) is 11.0. The van der Waals surface area contributed by atoms with E-state index in [1.54, 1.807) is 11.0 Å². The first-order valence-corrected chi connectivity index (χ1v) is 12.0. The number of ether oxygens (including phenoxy) is 3. The molecule has 0 atom stereocenters. The summed E-state index contributed by atoms with van der Waals surface area (Å²) in [5.74, 6) is -0.804. The number of rotatable bonds is 10. The number of hydrogen-bond donors (Lipinski definition) is 0. The van der Waals surface area contributed by atoms with Crippen molar-refractivity contribution in [1.29, 1.82) is 0 Å². The van der Waals surface area contributed by atoms with Crippen molar-refractivity contribution in [1.82, 2.24) is 4.90 Å². The highest BCUT2D eigenvalue weighted by Gasteiger charge is 2.38. The van der Waals surface area contributed by atoms with Gasteiger partial charge >= 0.3 is 12.3 Å². The van der Waals surface area contributed by atoms with Gasteiger partial charge in [-0.2, -0.15) is 13.2 Å². The van der Waals surface area contributed by atoms with E-state index in [4.69, 9.17) is 14.2 Å². The van der Waals surface area contributed by atoms with Gasteiger partial charge in [0.15, 0.2) is 0 Å². The molecule has 0 aliphatic rings. The SMILES string of the molecule is COc1ccc(N=C(OC/C=C(\C)CCCN(Cc2ccccc2)C(=O)OC(C)(C)C)C(F)(F)F)cc1. The lowest BCUT2D eigenvalue weighted by Crippen LogP contribution is -2.37. The molecule has 0 fully saturated rings. The summed E-state index contributed by atoms with van der Waals surface area (Å²) < 4.78 is 55.7. The molecule has 37 heavy (non-hydrogen) atoms. The maximum atomic E-state index is 13.4. The molecular weight excluding hydrogens is 485 g/mol. The Labute approximate surface area is 216 Å². The summed E-state index contributed by atoms with van der Waals surface area (Å²) in [6.45, 7) is 7.80. The third-order valence-electron chi connectivity index (χ3n) is 5.06. The average Bonchev–Trinajstić information content (AvgIpc) is 2.82. The van der Waals surface area contributed by atoms with Crippen molar-refractivity contribution in [2.24, 2.45) is 4.99 Å². The van der Waals surface area contributed by atoms with Gasteiger partial charge in [-0.05, 0) is 76.4 Å². The number of halogens is 3. The van der Waals surface area contributed by atoms with Crippen molar-refractivity contribution in [3.05, 3.63) is 71.8 Å². The smallest absolute Gasteiger partial charge is 0.468 e. The Bertz CT molecular complexity index is 1040. The first-order valence-electron chi connectivity index (χ1n) is 12.0. The molecule has 0 unspecified atom stereocenters. The molecule has 1 amide bonds. The highest BCUT2D eigenvalue weighted by molar-refractivity contribution is 5.84. The lowest BCUT2D eigenvalue weighted by Gasteiger charge is -2.27. The third kappa shape index (κ3) is 11.4. The first-order chi connectivity index (χ1) is 17.4. The lowest BCUT2D eigenvalue weighted by molar-refractivity contribution is -0.0770. The van der Waals surface area contributed by atoms with Gasteiger partial charge in [0.2, 0.25) is 0 Å². The molecule has 0 bridgehead atoms. The van der Waals surface area contributed by atoms with Gasteiger partial charge in [0, 0.05) is 13.1 Å². The molecule has 0 aliphatic carbocycles. The van der Waals surface area contributed by atoms with Gasteiger partial charge in [-0.3, -0.25) is 0 Å². The number of nitrogens with zero attached hydrogens (tertiary/aromatic N) is 2. The third-order valence-corrected chi connectivity index (χ3v) is 5.06. The molecule has 0 heterocycles. The van der Waals surface area contributed by atoms with E-state index < -0.39 is 23.8 Å². The Balaban J connectivity index is 1.95. The molecular formula is C28H35F3N2O4. The molecule has 9 heteroatoms. The van der Waals surface area contributed by atoms with E-state index in [-0.39, 0.29) is 12.3 Å². The highest BCUT2D eigenvalue weighted by atomic mass is 19.4. The molecule has 2 rings (SSSR count). The van der Waals surface area contributed by atoms with E-state index in [0.29, 0.717) is 31.7 Å². The molecule has 0 saturated carbocycles. The Morgan fingerprint density at radius 1 is 1.03 bits per heavy atom. The van der Waals surface area contributed by atoms with Crippen molar-refractivity contribution in [3.8, 4) is 5.75 Å². The van der Waals surface area contributed by atoms with Gasteiger partial charge in [0.25, 0.3) is 5.90 Å². The largest absolute Gasteiger partial charge is 0.497 e. The fraction of sp³-hybridized carbons (Fsp3) is 0.429. The van der Waals surface area contributed by atoms with E-state index in [1.807, 2.05) is 58.0 Å². The van der Waals surface area contributed by atoms with Crippen molar-refractivity contribution >= 4 is 17.7 Å². The molecule has 0 saturated heterocycles. The van der Waals surface area contributed by atoms with Gasteiger partial charge in [-0.1, -0.05) is 35.9 Å². The first kappa shape index (κ1) is 29.7. The zero-order valence-corrected chi connectivity index (χ0v) is 22.0. The molecule has 2 aromatic rings. The van der Waals surface area contributed by atoms with Crippen LogP contribution < -0.4 is 4.74 Å². The second kappa shape index (κ2) is 13.7. The molecule has 0 N–H and O–H groups in total. The second-order valence-corrected chi connectivity index (χ2v) is 9.47. The Morgan fingerprint density at radius 2 is 1.68 bits per heavy atom. The summed E-state index contributed by atoms with van der Waals surface area (Å²) in [5, 5.41) is 0. The fourth-order valence-electron chi connectivity index (χ4n) is 3.23. The number of carbonyl (C=O) groups excluding carboxylic acids is 1. The van der Waals surface area contributed by atoms with Gasteiger partial charge in [-0.25, -0.2) is 9.79 Å². The minimum absolute atomic E-state index is 0.106. The van der Waals surface area contributed by atoms with Gasteiger partial charge in [0.1, 0.15) is 18.0 Å². The van der Waals surface area contributed by atoms with Gasteiger partial charge < -0.3 is 19.1 Å². The van der Waals surface area contributed by atoms with Crippen LogP contribution in [-0.4, -0.2) is 48.9 Å². The summed E-state index contributed by atoms with van der Waals surface area (Å²) >= 11 is 0. The van der Waals surface area contributed by atoms with Crippen LogP contribution in [0.4, 0.5) is 23.7 Å². The molecule has 0 aliphatic heterocycles. The zero-order chi connectivity index (χ0) is 27.5. The number of amides is 1. The molecule has 6 nitrogen and oxygen atoms in total. The average molecular weight is 521 g/mol. The topological polar surface area (TPSA) is 60.4 Å². The Morgan fingerprint density at radius 3 is 2.24 bits per heavy atom. The van der Waals surface area contributed by atoms with Gasteiger partial charge in [0.05, 0.1) is 12.8 Å². The van der Waals surface area contributed by atoms with Crippen LogP contribution in [-0.2, 0) is 16.0 Å². The molecule has 0 aromatic heterocycles. The maximum absolute atomic E-state index is 13.4. The van der Waals surface area contributed by atoms with Crippen LogP contribution in [0.3, 0.4) is 0 Å². The number of aliphatic imine (C=N–C) groups is 1. The highest BCUT2D eigenvalue weighted by Crippen LogP contribution is 2.24. The number of methoxy groups -OCH3 is 1. The van der Waals surface area contributed by atoms with E-state index >= 15 is 0 Å². The summed E-state index contributed by atoms with van der Waals surface area (Å²) in [4.78, 5) is 17.9. The van der Waals surface area contributed by atoms with E-state index in [0.717, 1.165) is 11.1 Å². The summed E-state index contributed by atoms with van der Waals surface area (Å²) in [6, 6.07) is 15.5. The van der Waals surface area contributed by atoms with Crippen LogP contribution >= 0.6 is 0 Å². The summed E-state index contributed by atoms with van der Waals surface area (Å²) in [5.41, 5.74) is 1.30. The Hall–Kier alpha value is -3.49. The zero-order valence-electron chi connectivity index (χ0n) is 22.0. The van der Waals surface area contributed by atoms with Crippen LogP contribution in [0.1, 0.15) is 46.1 Å². The molecule has 0 radical (unpaired) electrons. The van der Waals surface area contributed by atoms with Crippen molar-refractivity contribution in [2.45, 2.75) is 58.9 Å². The predicted octanol–water partition coefficient (Wildman–Crippen LogP) is 7.47. The van der Waals surface area contributed by atoms with Crippen molar-refractivity contribution in [3.63, 3.8) is 0 Å². The van der Waals surface area contributed by atoms with Crippen molar-refractivity contribution < 1.29 is 32.2 Å².